The van der Waals surface area contributed by atoms with E-state index < -0.39 is 15.9 Å². The quantitative estimate of drug-likeness (QED) is 0.864. The minimum absolute atomic E-state index is 0.125. The van der Waals surface area contributed by atoms with Crippen LogP contribution in [0.3, 0.4) is 0 Å². The first kappa shape index (κ1) is 15.5. The summed E-state index contributed by atoms with van der Waals surface area (Å²) in [5.41, 5.74) is 1.76. The molecule has 0 fully saturated rings. The molecule has 1 unspecified atom stereocenters. The summed E-state index contributed by atoms with van der Waals surface area (Å²) in [5.74, 6) is -0.125. The molecule has 1 N–H and O–H groups in total. The van der Waals surface area contributed by atoms with Gasteiger partial charge in [-0.15, -0.1) is 0 Å². The molecule has 0 spiro atoms. The van der Waals surface area contributed by atoms with Crippen LogP contribution in [0.5, 0.6) is 0 Å². The summed E-state index contributed by atoms with van der Waals surface area (Å²) < 4.78 is 24.3. The zero-order valence-electron chi connectivity index (χ0n) is 11.8. The van der Waals surface area contributed by atoms with Crippen molar-refractivity contribution in [2.24, 2.45) is 0 Å². The van der Waals surface area contributed by atoms with Gasteiger partial charge in [0, 0.05) is 0 Å². The first-order valence-corrected chi connectivity index (χ1v) is 8.33. The molecule has 0 saturated carbocycles. The lowest BCUT2D eigenvalue weighted by Crippen LogP contribution is -2.05. The SMILES string of the molecule is Cc1ccc(S(=O)(=O)C/C=C/C(O)c2ccccc2)cc1. The van der Waals surface area contributed by atoms with Gasteiger partial charge in [0.15, 0.2) is 9.84 Å². The van der Waals surface area contributed by atoms with Crippen LogP contribution in [0.25, 0.3) is 0 Å². The molecule has 3 nitrogen and oxygen atoms in total. The monoisotopic (exact) mass is 302 g/mol. The molecule has 0 aliphatic heterocycles. The third-order valence-corrected chi connectivity index (χ3v) is 4.78. The van der Waals surface area contributed by atoms with Crippen molar-refractivity contribution in [1.82, 2.24) is 0 Å². The molecule has 0 saturated heterocycles. The molecular weight excluding hydrogens is 284 g/mol. The second-order valence-corrected chi connectivity index (χ2v) is 6.91. The molecule has 1 atom stereocenters. The highest BCUT2D eigenvalue weighted by atomic mass is 32.2. The highest BCUT2D eigenvalue weighted by Gasteiger charge is 2.12. The van der Waals surface area contributed by atoms with E-state index in [0.29, 0.717) is 4.90 Å². The van der Waals surface area contributed by atoms with Crippen molar-refractivity contribution < 1.29 is 13.5 Å². The summed E-state index contributed by atoms with van der Waals surface area (Å²) in [5, 5.41) is 9.94. The molecule has 110 valence electrons. The van der Waals surface area contributed by atoms with Crippen molar-refractivity contribution in [2.45, 2.75) is 17.9 Å². The Morgan fingerprint density at radius 1 is 1.05 bits per heavy atom. The van der Waals surface area contributed by atoms with Gasteiger partial charge in [-0.3, -0.25) is 0 Å². The van der Waals surface area contributed by atoms with Gasteiger partial charge in [-0.2, -0.15) is 0 Å². The predicted octanol–water partition coefficient (Wildman–Crippen LogP) is 3.06. The fourth-order valence-electron chi connectivity index (χ4n) is 1.91. The number of aliphatic hydroxyl groups is 1. The van der Waals surface area contributed by atoms with E-state index in [1.54, 1.807) is 36.4 Å². The van der Waals surface area contributed by atoms with E-state index in [1.807, 2.05) is 25.1 Å². The topological polar surface area (TPSA) is 54.4 Å². The zero-order valence-corrected chi connectivity index (χ0v) is 12.6. The summed E-state index contributed by atoms with van der Waals surface area (Å²) in [4.78, 5) is 0.298. The Kier molecular flexibility index (Phi) is 4.94. The van der Waals surface area contributed by atoms with Gasteiger partial charge in [-0.1, -0.05) is 60.2 Å². The van der Waals surface area contributed by atoms with Crippen molar-refractivity contribution >= 4 is 9.84 Å². The predicted molar refractivity (Wildman–Crippen MR) is 83.8 cm³/mol. The van der Waals surface area contributed by atoms with Crippen LogP contribution in [-0.2, 0) is 9.84 Å². The zero-order chi connectivity index (χ0) is 15.3. The highest BCUT2D eigenvalue weighted by molar-refractivity contribution is 7.91. The maximum atomic E-state index is 12.1. The van der Waals surface area contributed by atoms with Gasteiger partial charge in [0.05, 0.1) is 16.8 Å². The van der Waals surface area contributed by atoms with E-state index in [0.717, 1.165) is 11.1 Å². The van der Waals surface area contributed by atoms with Gasteiger partial charge in [0.1, 0.15) is 0 Å². The van der Waals surface area contributed by atoms with E-state index in [9.17, 15) is 13.5 Å². The van der Waals surface area contributed by atoms with Gasteiger partial charge >= 0.3 is 0 Å². The Balaban J connectivity index is 2.05. The highest BCUT2D eigenvalue weighted by Crippen LogP contribution is 2.15. The summed E-state index contributed by atoms with van der Waals surface area (Å²) >= 11 is 0. The summed E-state index contributed by atoms with van der Waals surface area (Å²) in [6, 6.07) is 15.9. The molecule has 0 aliphatic carbocycles. The molecular formula is C17H18O3S. The molecule has 2 rings (SSSR count). The van der Waals surface area contributed by atoms with Crippen molar-refractivity contribution in [1.29, 1.82) is 0 Å². The van der Waals surface area contributed by atoms with Crippen LogP contribution in [0.15, 0.2) is 71.6 Å². The summed E-state index contributed by atoms with van der Waals surface area (Å²) in [6.07, 6.45) is 2.20. The molecule has 0 bridgehead atoms. The molecule has 0 aromatic heterocycles. The molecule has 0 aliphatic rings. The fourth-order valence-corrected chi connectivity index (χ4v) is 3.02. The van der Waals surface area contributed by atoms with E-state index >= 15 is 0 Å². The number of benzene rings is 2. The van der Waals surface area contributed by atoms with Crippen LogP contribution in [0.1, 0.15) is 17.2 Å². The third kappa shape index (κ3) is 4.28. The van der Waals surface area contributed by atoms with Crippen LogP contribution in [0.4, 0.5) is 0 Å². The average molecular weight is 302 g/mol. The first-order valence-electron chi connectivity index (χ1n) is 6.68. The Morgan fingerprint density at radius 3 is 2.29 bits per heavy atom. The van der Waals surface area contributed by atoms with Gasteiger partial charge in [0.25, 0.3) is 0 Å². The van der Waals surface area contributed by atoms with E-state index in [4.69, 9.17) is 0 Å². The molecule has 0 amide bonds. The Hall–Kier alpha value is -1.91. The number of aryl methyl sites for hydroxylation is 1. The van der Waals surface area contributed by atoms with Gasteiger partial charge in [0.2, 0.25) is 0 Å². The Labute approximate surface area is 125 Å². The molecule has 0 heterocycles. The molecule has 0 radical (unpaired) electrons. The van der Waals surface area contributed by atoms with Crippen molar-refractivity contribution in [3.05, 3.63) is 77.9 Å². The van der Waals surface area contributed by atoms with Crippen molar-refractivity contribution in [3.63, 3.8) is 0 Å². The Bertz CT molecular complexity index is 701. The average Bonchev–Trinajstić information content (AvgIpc) is 2.48. The molecule has 2 aromatic carbocycles. The van der Waals surface area contributed by atoms with E-state index in [2.05, 4.69) is 0 Å². The van der Waals surface area contributed by atoms with Crippen LogP contribution in [0.2, 0.25) is 0 Å². The van der Waals surface area contributed by atoms with Crippen LogP contribution >= 0.6 is 0 Å². The van der Waals surface area contributed by atoms with Gasteiger partial charge in [-0.25, -0.2) is 8.42 Å². The minimum atomic E-state index is -3.35. The third-order valence-electron chi connectivity index (χ3n) is 3.16. The lowest BCUT2D eigenvalue weighted by molar-refractivity contribution is 0.228. The maximum absolute atomic E-state index is 12.1. The molecule has 2 aromatic rings. The number of rotatable bonds is 5. The lowest BCUT2D eigenvalue weighted by atomic mass is 10.1. The van der Waals surface area contributed by atoms with E-state index in [1.165, 1.54) is 12.2 Å². The normalized spacial score (nSPS) is 13.4. The largest absolute Gasteiger partial charge is 0.384 e. The molecule has 21 heavy (non-hydrogen) atoms. The number of sulfone groups is 1. The van der Waals surface area contributed by atoms with Crippen molar-refractivity contribution in [3.8, 4) is 0 Å². The first-order chi connectivity index (χ1) is 9.99. The number of hydrogen-bond donors (Lipinski definition) is 1. The fraction of sp³-hybridized carbons (Fsp3) is 0.176. The molecule has 4 heteroatoms. The standard InChI is InChI=1S/C17H18O3S/c1-14-9-11-16(12-10-14)21(19,20)13-5-8-17(18)15-6-3-2-4-7-15/h2-12,17-18H,13H2,1H3/b8-5+. The summed E-state index contributed by atoms with van der Waals surface area (Å²) in [7, 11) is -3.35. The van der Waals surface area contributed by atoms with Crippen LogP contribution in [0, 0.1) is 6.92 Å². The number of hydrogen-bond acceptors (Lipinski definition) is 3. The summed E-state index contributed by atoms with van der Waals surface area (Å²) in [6.45, 7) is 1.91. The lowest BCUT2D eigenvalue weighted by Gasteiger charge is -2.05. The van der Waals surface area contributed by atoms with Crippen LogP contribution in [-0.4, -0.2) is 19.3 Å². The Morgan fingerprint density at radius 2 is 1.67 bits per heavy atom. The van der Waals surface area contributed by atoms with E-state index in [-0.39, 0.29) is 5.75 Å². The van der Waals surface area contributed by atoms with Gasteiger partial charge in [-0.05, 0) is 24.6 Å². The number of aliphatic hydroxyl groups excluding tert-OH is 1. The smallest absolute Gasteiger partial charge is 0.181 e. The van der Waals surface area contributed by atoms with Crippen LogP contribution < -0.4 is 0 Å². The second kappa shape index (κ2) is 6.70. The second-order valence-electron chi connectivity index (χ2n) is 4.88. The minimum Gasteiger partial charge on any atom is -0.384 e. The maximum Gasteiger partial charge on any atom is 0.181 e. The van der Waals surface area contributed by atoms with Gasteiger partial charge < -0.3 is 5.11 Å². The van der Waals surface area contributed by atoms with Crippen molar-refractivity contribution in [2.75, 3.05) is 5.75 Å².